The third-order valence-electron chi connectivity index (χ3n) is 5.50. The van der Waals surface area contributed by atoms with E-state index in [1.807, 2.05) is 0 Å². The number of aromatic nitrogens is 5. The average molecular weight is 443 g/mol. The van der Waals surface area contributed by atoms with E-state index in [0.717, 1.165) is 31.9 Å². The lowest BCUT2D eigenvalue weighted by Gasteiger charge is -2.21. The zero-order valence-corrected chi connectivity index (χ0v) is 17.7. The number of nitrogens with two attached hydrogens (primary N) is 1. The van der Waals surface area contributed by atoms with Crippen LogP contribution in [0.5, 0.6) is 0 Å². The first-order valence-electron chi connectivity index (χ1n) is 9.85. The number of nitrogens with one attached hydrogen (secondary N) is 1. The monoisotopic (exact) mass is 442 g/mol. The zero-order chi connectivity index (χ0) is 22.2. The summed E-state index contributed by atoms with van der Waals surface area (Å²) >= 11 is 0. The Morgan fingerprint density at radius 1 is 1.39 bits per heavy atom. The minimum atomic E-state index is -3.65. The molecule has 3 N–H and O–H groups in total. The van der Waals surface area contributed by atoms with Gasteiger partial charge in [0.25, 0.3) is 11.9 Å². The highest BCUT2D eigenvalue weighted by Gasteiger charge is 2.27. The van der Waals surface area contributed by atoms with Crippen LogP contribution in [0.4, 0.5) is 5.95 Å². The maximum Gasteiger partial charge on any atom is 0.267 e. The second-order valence-corrected chi connectivity index (χ2v) is 9.47. The highest BCUT2D eigenvalue weighted by atomic mass is 32.2. The Labute approximate surface area is 178 Å². The van der Waals surface area contributed by atoms with Crippen molar-refractivity contribution in [2.45, 2.75) is 38.1 Å². The van der Waals surface area contributed by atoms with E-state index in [4.69, 9.17) is 5.73 Å². The molecule has 0 aliphatic heterocycles. The van der Waals surface area contributed by atoms with Crippen molar-refractivity contribution in [2.24, 2.45) is 11.7 Å². The molecule has 0 bridgehead atoms. The van der Waals surface area contributed by atoms with Gasteiger partial charge in [0, 0.05) is 11.8 Å². The van der Waals surface area contributed by atoms with Crippen LogP contribution in [-0.4, -0.2) is 45.0 Å². The van der Waals surface area contributed by atoms with Crippen molar-refractivity contribution >= 4 is 27.4 Å². The Morgan fingerprint density at radius 2 is 2.13 bits per heavy atom. The number of amides is 1. The highest BCUT2D eigenvalue weighted by molar-refractivity contribution is 7.91. The summed E-state index contributed by atoms with van der Waals surface area (Å²) in [5.74, 6) is -0.517. The lowest BCUT2D eigenvalue weighted by Crippen LogP contribution is -2.18. The van der Waals surface area contributed by atoms with Gasteiger partial charge >= 0.3 is 0 Å². The van der Waals surface area contributed by atoms with Crippen molar-refractivity contribution in [3.8, 4) is 17.3 Å². The Bertz CT molecular complexity index is 1280. The summed E-state index contributed by atoms with van der Waals surface area (Å²) in [6, 6.07) is 5.35. The van der Waals surface area contributed by atoms with Gasteiger partial charge in [0.1, 0.15) is 11.4 Å². The topological polar surface area (TPSA) is 161 Å². The SMILES string of the molecule is CS(=O)(=O)Nc1nc(-c2cnn(C(CC#N)C3CCCC3)c2)c2ccc(C(N)=O)n2n1. The third-order valence-corrected chi connectivity index (χ3v) is 6.05. The number of nitrogens with zero attached hydrogens (tertiary/aromatic N) is 6. The van der Waals surface area contributed by atoms with Gasteiger partial charge in [-0.1, -0.05) is 12.8 Å². The van der Waals surface area contributed by atoms with E-state index >= 15 is 0 Å². The number of primary amides is 1. The van der Waals surface area contributed by atoms with Crippen LogP contribution in [0, 0.1) is 17.2 Å². The molecular formula is C19H22N8O3S. The smallest absolute Gasteiger partial charge is 0.267 e. The molecule has 31 heavy (non-hydrogen) atoms. The molecule has 3 aromatic heterocycles. The van der Waals surface area contributed by atoms with E-state index in [-0.39, 0.29) is 17.7 Å². The molecule has 1 atom stereocenters. The molecule has 1 saturated carbocycles. The number of fused-ring (bicyclic) bond motifs is 1. The molecule has 3 heterocycles. The van der Waals surface area contributed by atoms with Crippen LogP contribution in [0.1, 0.15) is 48.6 Å². The fraction of sp³-hybridized carbons (Fsp3) is 0.421. The molecule has 1 aliphatic rings. The molecule has 1 aliphatic carbocycles. The molecule has 0 spiro atoms. The van der Waals surface area contributed by atoms with Gasteiger partial charge in [0.15, 0.2) is 0 Å². The third kappa shape index (κ3) is 4.22. The molecular weight excluding hydrogens is 420 g/mol. The summed E-state index contributed by atoms with van der Waals surface area (Å²) in [5.41, 5.74) is 7.00. The number of carbonyl (C=O) groups is 1. The van der Waals surface area contributed by atoms with E-state index in [2.05, 4.69) is 26.0 Å². The van der Waals surface area contributed by atoms with Crippen LogP contribution in [0.3, 0.4) is 0 Å². The van der Waals surface area contributed by atoms with Crippen molar-refractivity contribution in [2.75, 3.05) is 11.0 Å². The van der Waals surface area contributed by atoms with Crippen LogP contribution in [0.2, 0.25) is 0 Å². The van der Waals surface area contributed by atoms with Crippen LogP contribution < -0.4 is 10.5 Å². The second kappa shape index (κ2) is 7.99. The van der Waals surface area contributed by atoms with Gasteiger partial charge in [0.2, 0.25) is 10.0 Å². The average Bonchev–Trinajstić information content (AvgIpc) is 3.43. The number of anilines is 1. The summed E-state index contributed by atoms with van der Waals surface area (Å²) in [6.45, 7) is 0. The summed E-state index contributed by atoms with van der Waals surface area (Å²) in [4.78, 5) is 16.1. The van der Waals surface area contributed by atoms with Crippen molar-refractivity contribution in [3.63, 3.8) is 0 Å². The van der Waals surface area contributed by atoms with Crippen molar-refractivity contribution < 1.29 is 13.2 Å². The molecule has 1 fully saturated rings. The molecule has 3 aromatic rings. The molecule has 11 nitrogen and oxygen atoms in total. The molecule has 1 amide bonds. The lowest BCUT2D eigenvalue weighted by atomic mass is 9.96. The quantitative estimate of drug-likeness (QED) is 0.563. The van der Waals surface area contributed by atoms with Crippen molar-refractivity contribution in [3.05, 3.63) is 30.2 Å². The number of hydrogen-bond acceptors (Lipinski definition) is 7. The fourth-order valence-corrected chi connectivity index (χ4v) is 4.58. The number of nitriles is 1. The predicted molar refractivity (Wildman–Crippen MR) is 112 cm³/mol. The zero-order valence-electron chi connectivity index (χ0n) is 16.9. The Kier molecular flexibility index (Phi) is 5.36. The number of sulfonamides is 1. The molecule has 0 saturated heterocycles. The van der Waals surface area contributed by atoms with Crippen molar-refractivity contribution in [1.29, 1.82) is 5.26 Å². The molecule has 12 heteroatoms. The van der Waals surface area contributed by atoms with E-state index in [0.29, 0.717) is 29.1 Å². The summed E-state index contributed by atoms with van der Waals surface area (Å²) in [7, 11) is -3.65. The molecule has 1 unspecified atom stereocenters. The van der Waals surface area contributed by atoms with E-state index in [9.17, 15) is 18.5 Å². The van der Waals surface area contributed by atoms with Gasteiger partial charge in [0.05, 0.1) is 36.5 Å². The standard InChI is InChI=1S/C19H22N8O3S/c1-31(29,30)25-19-23-17(15-6-7-16(18(21)28)27(15)24-19)13-10-22-26(11-13)14(8-9-20)12-4-2-3-5-12/h6-7,10-12,14H,2-5,8H2,1H3,(H2,21,28)(H,24,25). The van der Waals surface area contributed by atoms with Gasteiger partial charge in [-0.25, -0.2) is 17.9 Å². The first-order valence-corrected chi connectivity index (χ1v) is 11.7. The minimum absolute atomic E-state index is 0.0410. The summed E-state index contributed by atoms with van der Waals surface area (Å²) < 4.78 is 28.7. The Hall–Kier alpha value is -3.46. The fourth-order valence-electron chi connectivity index (χ4n) is 4.16. The normalized spacial score (nSPS) is 15.7. The van der Waals surface area contributed by atoms with Gasteiger partial charge in [-0.15, -0.1) is 5.10 Å². The molecule has 4 rings (SSSR count). The first-order chi connectivity index (χ1) is 14.8. The Balaban J connectivity index is 1.82. The maximum atomic E-state index is 11.8. The van der Waals surface area contributed by atoms with Crippen LogP contribution in [0.15, 0.2) is 24.5 Å². The largest absolute Gasteiger partial charge is 0.364 e. The predicted octanol–water partition coefficient (Wildman–Crippen LogP) is 1.71. The first kappa shape index (κ1) is 20.8. The Morgan fingerprint density at radius 3 is 2.77 bits per heavy atom. The maximum absolute atomic E-state index is 11.8. The van der Waals surface area contributed by atoms with Gasteiger partial charge < -0.3 is 5.73 Å². The van der Waals surface area contributed by atoms with Crippen molar-refractivity contribution in [1.82, 2.24) is 24.4 Å². The van der Waals surface area contributed by atoms with Gasteiger partial charge in [-0.3, -0.25) is 14.2 Å². The lowest BCUT2D eigenvalue weighted by molar-refractivity contribution is 0.0994. The van der Waals surface area contributed by atoms with Crippen LogP contribution >= 0.6 is 0 Å². The van der Waals surface area contributed by atoms with Crippen LogP contribution in [-0.2, 0) is 10.0 Å². The number of hydrogen-bond donors (Lipinski definition) is 2. The van der Waals surface area contributed by atoms with E-state index in [1.165, 1.54) is 10.6 Å². The molecule has 0 radical (unpaired) electrons. The van der Waals surface area contributed by atoms with Crippen LogP contribution in [0.25, 0.3) is 16.8 Å². The number of rotatable bonds is 7. The molecule has 162 valence electrons. The van der Waals surface area contributed by atoms with Gasteiger partial charge in [-0.2, -0.15) is 10.4 Å². The second-order valence-electron chi connectivity index (χ2n) is 7.72. The van der Waals surface area contributed by atoms with E-state index < -0.39 is 15.9 Å². The minimum Gasteiger partial charge on any atom is -0.364 e. The summed E-state index contributed by atoms with van der Waals surface area (Å²) in [6.07, 6.45) is 9.15. The van der Waals surface area contributed by atoms with E-state index in [1.54, 1.807) is 23.1 Å². The van der Waals surface area contributed by atoms with Gasteiger partial charge in [-0.05, 0) is 30.9 Å². The molecule has 0 aromatic carbocycles. The summed E-state index contributed by atoms with van der Waals surface area (Å²) in [5, 5.41) is 17.9. The number of carbonyl (C=O) groups excluding carboxylic acids is 1. The highest BCUT2D eigenvalue weighted by Crippen LogP contribution is 2.36.